The van der Waals surface area contributed by atoms with Gasteiger partial charge in [0.05, 0.1) is 4.83 Å². The Morgan fingerprint density at radius 3 is 2.54 bits per heavy atom. The molecule has 0 radical (unpaired) electrons. The van der Waals surface area contributed by atoms with Gasteiger partial charge in [-0.1, -0.05) is 41.4 Å². The summed E-state index contributed by atoms with van der Waals surface area (Å²) in [6, 6.07) is 0. The first-order valence-corrected chi connectivity index (χ1v) is 11.7. The number of fused-ring (bicyclic) bond motifs is 5. The van der Waals surface area contributed by atoms with Crippen molar-refractivity contribution in [2.45, 2.75) is 89.2 Å². The molecule has 0 amide bonds. The molecule has 0 bridgehead atoms. The van der Waals surface area contributed by atoms with E-state index in [-0.39, 0.29) is 33.5 Å². The van der Waals surface area contributed by atoms with E-state index < -0.39 is 5.60 Å². The molecule has 28 heavy (non-hydrogen) atoms. The molecule has 0 aliphatic heterocycles. The minimum atomic E-state index is -1.26. The molecule has 0 unspecified atom stereocenters. The highest BCUT2D eigenvalue weighted by Gasteiger charge is 2.68. The number of carbonyl (C=O) groups excluding carboxylic acids is 2. The van der Waals surface area contributed by atoms with E-state index in [1.54, 1.807) is 6.92 Å². The van der Waals surface area contributed by atoms with Crippen LogP contribution in [0.2, 0.25) is 0 Å². The molecule has 0 aromatic heterocycles. The number of ether oxygens (including phenoxy) is 1. The predicted octanol–water partition coefficient (Wildman–Crippen LogP) is 4.57. The summed E-state index contributed by atoms with van der Waals surface area (Å²) in [5.41, 5.74) is -0.00426. The molecule has 5 heteroatoms. The first-order chi connectivity index (χ1) is 13.0. The normalized spacial score (nSPS) is 50.1. The molecule has 156 valence electrons. The zero-order chi connectivity index (χ0) is 20.5. The van der Waals surface area contributed by atoms with Crippen molar-refractivity contribution in [1.29, 1.82) is 0 Å². The van der Waals surface area contributed by atoms with Crippen LogP contribution in [0.5, 0.6) is 0 Å². The number of hydrogen-bond acceptors (Lipinski definition) is 4. The van der Waals surface area contributed by atoms with Crippen LogP contribution in [0.3, 0.4) is 0 Å². The highest BCUT2D eigenvalue weighted by molar-refractivity contribution is 9.09. The minimum absolute atomic E-state index is 0.0171. The lowest BCUT2D eigenvalue weighted by molar-refractivity contribution is -0.159. The molecule has 4 aliphatic rings. The number of hydrogen-bond donors (Lipinski definition) is 1. The van der Waals surface area contributed by atoms with Crippen molar-refractivity contribution in [2.24, 2.45) is 28.6 Å². The molecule has 3 saturated carbocycles. The first-order valence-electron chi connectivity index (χ1n) is 10.8. The van der Waals surface area contributed by atoms with Crippen LogP contribution in [0.1, 0.15) is 72.6 Å². The van der Waals surface area contributed by atoms with Crippen molar-refractivity contribution >= 4 is 27.7 Å². The standard InChI is InChI=1S/C23H33BrO4/c1-13(25)23(27)20(24)12-19-17-6-5-15-11-16(28-14(2)26)7-9-21(15,3)18(17)8-10-22(19,23)4/h5,16-20,27H,6-12H2,1-4H3/t16-,17+,18-,19-,20+,21-,22-,23-/m0/s1. The number of esters is 1. The van der Waals surface area contributed by atoms with Gasteiger partial charge in [0, 0.05) is 18.8 Å². The lowest BCUT2D eigenvalue weighted by Gasteiger charge is -2.58. The van der Waals surface area contributed by atoms with Gasteiger partial charge in [0.15, 0.2) is 5.78 Å². The van der Waals surface area contributed by atoms with E-state index in [1.807, 2.05) is 0 Å². The zero-order valence-corrected chi connectivity index (χ0v) is 19.0. The SMILES string of the molecule is CC(=O)O[C@H]1CC[C@@]2(C)C(=CC[C@@H]3[C@@H]2CC[C@@]2(C)[C@H]3C[C@@H](Br)[C@@]2(O)C(C)=O)C1. The number of carbonyl (C=O) groups is 2. The molecule has 0 spiro atoms. The average molecular weight is 453 g/mol. The summed E-state index contributed by atoms with van der Waals surface area (Å²) in [4.78, 5) is 23.7. The monoisotopic (exact) mass is 452 g/mol. The Labute approximate surface area is 176 Å². The summed E-state index contributed by atoms with van der Waals surface area (Å²) in [7, 11) is 0. The fraction of sp³-hybridized carbons (Fsp3) is 0.826. The van der Waals surface area contributed by atoms with Gasteiger partial charge in [-0.2, -0.15) is 0 Å². The first kappa shape index (κ1) is 20.6. The fourth-order valence-corrected chi connectivity index (χ4v) is 8.81. The third-order valence-electron chi connectivity index (χ3n) is 9.10. The van der Waals surface area contributed by atoms with Crippen LogP contribution in [0, 0.1) is 28.6 Å². The number of Topliss-reactive ketones (excluding diaryl/α,β-unsaturated/α-hetero) is 1. The Bertz CT molecular complexity index is 732. The third-order valence-corrected chi connectivity index (χ3v) is 10.1. The summed E-state index contributed by atoms with van der Waals surface area (Å²) >= 11 is 3.68. The highest BCUT2D eigenvalue weighted by atomic mass is 79.9. The second kappa shape index (κ2) is 6.66. The van der Waals surface area contributed by atoms with Crippen LogP contribution in [-0.4, -0.2) is 33.4 Å². The van der Waals surface area contributed by atoms with Crippen LogP contribution in [-0.2, 0) is 14.3 Å². The summed E-state index contributed by atoms with van der Waals surface area (Å²) in [6.07, 6.45) is 9.08. The number of ketones is 1. The maximum atomic E-state index is 12.5. The zero-order valence-electron chi connectivity index (χ0n) is 17.5. The van der Waals surface area contributed by atoms with E-state index in [2.05, 4.69) is 35.9 Å². The summed E-state index contributed by atoms with van der Waals surface area (Å²) in [6.45, 7) is 7.59. The van der Waals surface area contributed by atoms with Gasteiger partial charge in [0.25, 0.3) is 0 Å². The van der Waals surface area contributed by atoms with Gasteiger partial charge in [-0.3, -0.25) is 9.59 Å². The minimum Gasteiger partial charge on any atom is -0.462 e. The van der Waals surface area contributed by atoms with Crippen molar-refractivity contribution in [3.63, 3.8) is 0 Å². The maximum Gasteiger partial charge on any atom is 0.302 e. The molecule has 0 aromatic rings. The van der Waals surface area contributed by atoms with Gasteiger partial charge >= 0.3 is 5.97 Å². The van der Waals surface area contributed by atoms with Gasteiger partial charge < -0.3 is 9.84 Å². The predicted molar refractivity (Wildman–Crippen MR) is 111 cm³/mol. The Hall–Kier alpha value is -0.680. The molecule has 4 rings (SSSR count). The lowest BCUT2D eigenvalue weighted by Crippen LogP contribution is -2.58. The average Bonchev–Trinajstić information content (AvgIpc) is 2.83. The lowest BCUT2D eigenvalue weighted by atomic mass is 9.47. The van der Waals surface area contributed by atoms with E-state index in [0.717, 1.165) is 44.9 Å². The maximum absolute atomic E-state index is 12.5. The highest BCUT2D eigenvalue weighted by Crippen LogP contribution is 2.68. The van der Waals surface area contributed by atoms with E-state index >= 15 is 0 Å². The second-order valence-electron chi connectivity index (χ2n) is 10.2. The smallest absolute Gasteiger partial charge is 0.302 e. The third kappa shape index (κ3) is 2.64. The summed E-state index contributed by atoms with van der Waals surface area (Å²) < 4.78 is 5.52. The van der Waals surface area contributed by atoms with E-state index in [1.165, 1.54) is 12.5 Å². The topological polar surface area (TPSA) is 63.6 Å². The van der Waals surface area contributed by atoms with Gasteiger partial charge in [-0.25, -0.2) is 0 Å². The number of alkyl halides is 1. The van der Waals surface area contributed by atoms with Gasteiger partial charge in [-0.05, 0) is 68.6 Å². The molecule has 0 aromatic carbocycles. The Balaban J connectivity index is 1.64. The summed E-state index contributed by atoms with van der Waals surface area (Å²) in [5.74, 6) is 1.15. The fourth-order valence-electron chi connectivity index (χ4n) is 7.56. The van der Waals surface area contributed by atoms with Crippen LogP contribution >= 0.6 is 15.9 Å². The van der Waals surface area contributed by atoms with E-state index in [9.17, 15) is 14.7 Å². The molecule has 4 nitrogen and oxygen atoms in total. The number of rotatable bonds is 2. The largest absolute Gasteiger partial charge is 0.462 e. The van der Waals surface area contributed by atoms with Crippen molar-refractivity contribution in [2.75, 3.05) is 0 Å². The quantitative estimate of drug-likeness (QED) is 0.378. The van der Waals surface area contributed by atoms with Gasteiger partial charge in [-0.15, -0.1) is 0 Å². The number of halogens is 1. The second-order valence-corrected chi connectivity index (χ2v) is 11.3. The van der Waals surface area contributed by atoms with E-state index in [4.69, 9.17) is 4.74 Å². The van der Waals surface area contributed by atoms with Crippen LogP contribution < -0.4 is 0 Å². The molecule has 4 aliphatic carbocycles. The van der Waals surface area contributed by atoms with Crippen molar-refractivity contribution in [3.05, 3.63) is 11.6 Å². The van der Waals surface area contributed by atoms with Crippen molar-refractivity contribution in [3.8, 4) is 0 Å². The Kier molecular flexibility index (Phi) is 4.90. The van der Waals surface area contributed by atoms with Crippen molar-refractivity contribution in [1.82, 2.24) is 0 Å². The summed E-state index contributed by atoms with van der Waals surface area (Å²) in [5, 5.41) is 11.4. The van der Waals surface area contributed by atoms with Gasteiger partial charge in [0.2, 0.25) is 0 Å². The molecule has 3 fully saturated rings. The Morgan fingerprint density at radius 1 is 1.18 bits per heavy atom. The Morgan fingerprint density at radius 2 is 1.89 bits per heavy atom. The molecule has 0 heterocycles. The number of aliphatic hydroxyl groups is 1. The van der Waals surface area contributed by atoms with Crippen LogP contribution in [0.4, 0.5) is 0 Å². The van der Waals surface area contributed by atoms with Gasteiger partial charge in [0.1, 0.15) is 11.7 Å². The number of allylic oxidation sites excluding steroid dienone is 1. The molecule has 1 N–H and O–H groups in total. The molecule has 8 atom stereocenters. The van der Waals surface area contributed by atoms with Crippen molar-refractivity contribution < 1.29 is 19.4 Å². The molecule has 0 saturated heterocycles. The van der Waals surface area contributed by atoms with E-state index in [0.29, 0.717) is 17.8 Å². The van der Waals surface area contributed by atoms with Crippen LogP contribution in [0.25, 0.3) is 0 Å². The molecular weight excluding hydrogens is 420 g/mol. The van der Waals surface area contributed by atoms with Crippen LogP contribution in [0.15, 0.2) is 11.6 Å². The molecular formula is C23H33BrO4.